The Bertz CT molecular complexity index is 1210. The van der Waals surface area contributed by atoms with Crippen molar-refractivity contribution in [1.29, 1.82) is 0 Å². The van der Waals surface area contributed by atoms with E-state index in [2.05, 4.69) is 15.2 Å². The molecule has 0 fully saturated rings. The number of rotatable bonds is 7. The third kappa shape index (κ3) is 3.84. The van der Waals surface area contributed by atoms with E-state index in [1.807, 2.05) is 50.2 Å². The highest BCUT2D eigenvalue weighted by Crippen LogP contribution is 2.37. The largest absolute Gasteiger partial charge is 0.493 e. The fourth-order valence-corrected chi connectivity index (χ4v) is 3.65. The third-order valence-corrected chi connectivity index (χ3v) is 5.09. The summed E-state index contributed by atoms with van der Waals surface area (Å²) in [6, 6.07) is 13.0. The SMILES string of the molecule is Cc1n[nH]c(C)c1-c1cc2ccc(=O)n(Cc3ccccn3)c2cc1OCCCO. The van der Waals surface area contributed by atoms with E-state index in [0.29, 0.717) is 25.3 Å². The van der Waals surface area contributed by atoms with Gasteiger partial charge in [0.2, 0.25) is 0 Å². The Kier molecular flexibility index (Phi) is 5.63. The van der Waals surface area contributed by atoms with Gasteiger partial charge < -0.3 is 14.4 Å². The zero-order chi connectivity index (χ0) is 21.1. The van der Waals surface area contributed by atoms with Crippen LogP contribution in [0.4, 0.5) is 0 Å². The van der Waals surface area contributed by atoms with Gasteiger partial charge in [-0.1, -0.05) is 6.07 Å². The summed E-state index contributed by atoms with van der Waals surface area (Å²) in [6.45, 7) is 4.72. The predicted octanol–water partition coefficient (Wildman–Crippen LogP) is 3.21. The lowest BCUT2D eigenvalue weighted by molar-refractivity contribution is 0.234. The summed E-state index contributed by atoms with van der Waals surface area (Å²) < 4.78 is 7.74. The maximum absolute atomic E-state index is 12.7. The lowest BCUT2D eigenvalue weighted by atomic mass is 10.00. The Hall–Kier alpha value is -3.45. The number of hydrogen-bond donors (Lipinski definition) is 2. The lowest BCUT2D eigenvalue weighted by Crippen LogP contribution is -2.20. The third-order valence-electron chi connectivity index (χ3n) is 5.09. The smallest absolute Gasteiger partial charge is 0.251 e. The van der Waals surface area contributed by atoms with Gasteiger partial charge in [-0.3, -0.25) is 14.9 Å². The zero-order valence-electron chi connectivity index (χ0n) is 17.1. The number of benzene rings is 1. The lowest BCUT2D eigenvalue weighted by Gasteiger charge is -2.16. The van der Waals surface area contributed by atoms with Gasteiger partial charge >= 0.3 is 0 Å². The quantitative estimate of drug-likeness (QED) is 0.462. The number of nitrogens with zero attached hydrogens (tertiary/aromatic N) is 3. The number of aryl methyl sites for hydroxylation is 2. The topological polar surface area (TPSA) is 93.0 Å². The number of aromatic amines is 1. The van der Waals surface area contributed by atoms with E-state index in [4.69, 9.17) is 9.84 Å². The van der Waals surface area contributed by atoms with Gasteiger partial charge in [-0.05, 0) is 43.5 Å². The van der Waals surface area contributed by atoms with Crippen molar-refractivity contribution < 1.29 is 9.84 Å². The number of H-pyrrole nitrogens is 1. The molecule has 4 aromatic rings. The molecule has 0 bridgehead atoms. The highest BCUT2D eigenvalue weighted by molar-refractivity contribution is 5.89. The van der Waals surface area contributed by atoms with Crippen LogP contribution in [0.15, 0.2) is 53.5 Å². The number of ether oxygens (including phenoxy) is 1. The molecule has 7 heteroatoms. The molecule has 0 spiro atoms. The molecule has 7 nitrogen and oxygen atoms in total. The maximum Gasteiger partial charge on any atom is 0.251 e. The Morgan fingerprint density at radius 2 is 2.03 bits per heavy atom. The second kappa shape index (κ2) is 8.51. The molecule has 0 unspecified atom stereocenters. The van der Waals surface area contributed by atoms with Crippen molar-refractivity contribution in [2.24, 2.45) is 0 Å². The minimum Gasteiger partial charge on any atom is -0.493 e. The van der Waals surface area contributed by atoms with E-state index in [9.17, 15) is 4.79 Å². The van der Waals surface area contributed by atoms with Crippen molar-refractivity contribution in [2.75, 3.05) is 13.2 Å². The average molecular weight is 404 g/mol. The van der Waals surface area contributed by atoms with Crippen LogP contribution in [0.1, 0.15) is 23.5 Å². The molecule has 0 saturated heterocycles. The zero-order valence-corrected chi connectivity index (χ0v) is 17.1. The molecular formula is C23H24N4O3. The molecule has 1 aromatic carbocycles. The molecule has 0 radical (unpaired) electrons. The first-order chi connectivity index (χ1) is 14.6. The summed E-state index contributed by atoms with van der Waals surface area (Å²) in [5, 5.41) is 17.4. The number of aliphatic hydroxyl groups is 1. The minimum absolute atomic E-state index is 0.0526. The number of aliphatic hydroxyl groups excluding tert-OH is 1. The molecule has 30 heavy (non-hydrogen) atoms. The van der Waals surface area contributed by atoms with E-state index in [1.165, 1.54) is 0 Å². The fraction of sp³-hybridized carbons (Fsp3) is 0.261. The fourth-order valence-electron chi connectivity index (χ4n) is 3.65. The standard InChI is InChI=1S/C23H24N4O3/c1-15-23(16(2)26-25-15)19-12-17-7-8-22(29)27(14-18-6-3-4-9-24-18)20(17)13-21(19)30-11-5-10-28/h3-4,6-9,12-13,28H,5,10-11,14H2,1-2H3,(H,25,26). The predicted molar refractivity (Wildman–Crippen MR) is 116 cm³/mol. The van der Waals surface area contributed by atoms with Crippen LogP contribution in [0, 0.1) is 13.8 Å². The molecule has 4 rings (SSSR count). The van der Waals surface area contributed by atoms with Gasteiger partial charge in [-0.25, -0.2) is 0 Å². The van der Waals surface area contributed by atoms with Gasteiger partial charge in [0.15, 0.2) is 0 Å². The van der Waals surface area contributed by atoms with Crippen LogP contribution in [0.5, 0.6) is 5.75 Å². The van der Waals surface area contributed by atoms with Crippen molar-refractivity contribution in [3.05, 3.63) is 76.1 Å². The van der Waals surface area contributed by atoms with Crippen molar-refractivity contribution in [3.8, 4) is 16.9 Å². The minimum atomic E-state index is -0.0992. The summed E-state index contributed by atoms with van der Waals surface area (Å²) in [7, 11) is 0. The van der Waals surface area contributed by atoms with E-state index in [1.54, 1.807) is 16.8 Å². The molecule has 3 heterocycles. The first-order valence-corrected chi connectivity index (χ1v) is 9.91. The number of fused-ring (bicyclic) bond motifs is 1. The van der Waals surface area contributed by atoms with Gasteiger partial charge in [0.1, 0.15) is 5.75 Å². The van der Waals surface area contributed by atoms with Crippen LogP contribution in [-0.2, 0) is 6.54 Å². The van der Waals surface area contributed by atoms with Crippen LogP contribution < -0.4 is 10.3 Å². The normalized spacial score (nSPS) is 11.2. The monoisotopic (exact) mass is 404 g/mol. The van der Waals surface area contributed by atoms with Crippen molar-refractivity contribution in [3.63, 3.8) is 0 Å². The summed E-state index contributed by atoms with van der Waals surface area (Å²) in [5.74, 6) is 0.656. The van der Waals surface area contributed by atoms with Gasteiger partial charge in [-0.15, -0.1) is 0 Å². The average Bonchev–Trinajstić information content (AvgIpc) is 3.09. The van der Waals surface area contributed by atoms with Crippen molar-refractivity contribution in [2.45, 2.75) is 26.8 Å². The Balaban J connectivity index is 1.90. The number of nitrogens with one attached hydrogen (secondary N) is 1. The highest BCUT2D eigenvalue weighted by atomic mass is 16.5. The molecule has 0 aliphatic rings. The molecule has 3 aromatic heterocycles. The van der Waals surface area contributed by atoms with Crippen LogP contribution in [0.25, 0.3) is 22.0 Å². The Morgan fingerprint density at radius 3 is 2.73 bits per heavy atom. The molecule has 0 atom stereocenters. The van der Waals surface area contributed by atoms with Crippen molar-refractivity contribution in [1.82, 2.24) is 19.7 Å². The van der Waals surface area contributed by atoms with Gasteiger partial charge in [0.25, 0.3) is 5.56 Å². The molecule has 0 amide bonds. The summed E-state index contributed by atoms with van der Waals surface area (Å²) in [5.41, 5.74) is 5.19. The second-order valence-electron chi connectivity index (χ2n) is 7.22. The first-order valence-electron chi connectivity index (χ1n) is 9.91. The van der Waals surface area contributed by atoms with E-state index >= 15 is 0 Å². The van der Waals surface area contributed by atoms with Crippen LogP contribution >= 0.6 is 0 Å². The molecule has 2 N–H and O–H groups in total. The molecular weight excluding hydrogens is 380 g/mol. The van der Waals surface area contributed by atoms with Gasteiger partial charge in [0, 0.05) is 48.2 Å². The number of aromatic nitrogens is 4. The summed E-state index contributed by atoms with van der Waals surface area (Å²) in [6.07, 6.45) is 2.24. The van der Waals surface area contributed by atoms with Gasteiger partial charge in [-0.2, -0.15) is 5.10 Å². The first kappa shape index (κ1) is 19.8. The Morgan fingerprint density at radius 1 is 1.17 bits per heavy atom. The van der Waals surface area contributed by atoms with Crippen LogP contribution in [0.2, 0.25) is 0 Å². The molecule has 0 aliphatic carbocycles. The van der Waals surface area contributed by atoms with Gasteiger partial charge in [0.05, 0.1) is 30.1 Å². The van der Waals surface area contributed by atoms with E-state index < -0.39 is 0 Å². The molecule has 0 saturated carbocycles. The molecule has 154 valence electrons. The maximum atomic E-state index is 12.7. The van der Waals surface area contributed by atoms with E-state index in [0.717, 1.165) is 39.1 Å². The van der Waals surface area contributed by atoms with Crippen molar-refractivity contribution >= 4 is 10.9 Å². The highest BCUT2D eigenvalue weighted by Gasteiger charge is 2.17. The summed E-state index contributed by atoms with van der Waals surface area (Å²) in [4.78, 5) is 17.0. The van der Waals surface area contributed by atoms with Crippen LogP contribution in [-0.4, -0.2) is 38.1 Å². The summed E-state index contributed by atoms with van der Waals surface area (Å²) >= 11 is 0. The molecule has 0 aliphatic heterocycles. The Labute approximate surface area is 174 Å². The number of pyridine rings is 2. The second-order valence-corrected chi connectivity index (χ2v) is 7.22. The number of hydrogen-bond acceptors (Lipinski definition) is 5. The van der Waals surface area contributed by atoms with Crippen LogP contribution in [0.3, 0.4) is 0 Å². The van der Waals surface area contributed by atoms with E-state index in [-0.39, 0.29) is 12.2 Å².